The number of benzene rings is 1. The normalized spacial score (nSPS) is 13.5. The second kappa shape index (κ2) is 4.86. The highest BCUT2D eigenvalue weighted by Crippen LogP contribution is 2.29. The molecule has 2 rings (SSSR count). The van der Waals surface area contributed by atoms with Crippen molar-refractivity contribution < 1.29 is 0 Å². The van der Waals surface area contributed by atoms with Crippen LogP contribution >= 0.6 is 11.6 Å². The molecule has 0 saturated carbocycles. The fraction of sp³-hybridized carbons (Fsp3) is 0.467. The van der Waals surface area contributed by atoms with Gasteiger partial charge in [0.25, 0.3) is 0 Å². The third-order valence-electron chi connectivity index (χ3n) is 2.92. The molecular weight excluding hydrogens is 258 g/mol. The Labute approximate surface area is 118 Å². The first kappa shape index (κ1) is 13.9. The van der Waals surface area contributed by atoms with E-state index in [0.717, 1.165) is 23.4 Å². The minimum atomic E-state index is -0.179. The van der Waals surface area contributed by atoms with Gasteiger partial charge in [0.15, 0.2) is 0 Å². The fourth-order valence-electron chi connectivity index (χ4n) is 2.20. The van der Waals surface area contributed by atoms with Crippen molar-refractivity contribution in [1.29, 1.82) is 5.26 Å². The smallest absolute Gasteiger partial charge is 0.127 e. The Kier molecular flexibility index (Phi) is 3.56. The van der Waals surface area contributed by atoms with Crippen molar-refractivity contribution in [2.24, 2.45) is 5.41 Å². The van der Waals surface area contributed by atoms with E-state index in [-0.39, 0.29) is 10.8 Å². The topological polar surface area (TPSA) is 41.6 Å². The van der Waals surface area contributed by atoms with Gasteiger partial charge in [-0.05, 0) is 24.5 Å². The lowest BCUT2D eigenvalue weighted by atomic mass is 9.96. The maximum absolute atomic E-state index is 9.17. The van der Waals surface area contributed by atoms with Crippen LogP contribution in [0.1, 0.15) is 44.5 Å². The summed E-state index contributed by atoms with van der Waals surface area (Å²) in [6.45, 7) is 9.26. The predicted octanol–water partition coefficient (Wildman–Crippen LogP) is 4.25. The van der Waals surface area contributed by atoms with Gasteiger partial charge in [-0.2, -0.15) is 5.26 Å². The number of para-hydroxylation sites is 1. The van der Waals surface area contributed by atoms with E-state index < -0.39 is 0 Å². The molecule has 1 heterocycles. The van der Waals surface area contributed by atoms with Crippen LogP contribution in [0, 0.1) is 16.7 Å². The lowest BCUT2D eigenvalue weighted by Crippen LogP contribution is -2.17. The zero-order chi connectivity index (χ0) is 14.2. The lowest BCUT2D eigenvalue weighted by molar-refractivity contribution is 0.343. The molecule has 19 heavy (non-hydrogen) atoms. The van der Waals surface area contributed by atoms with E-state index in [1.165, 1.54) is 0 Å². The molecule has 100 valence electrons. The number of imidazole rings is 1. The van der Waals surface area contributed by atoms with Crippen LogP contribution in [0.4, 0.5) is 0 Å². The molecule has 0 saturated heterocycles. The number of hydrogen-bond donors (Lipinski definition) is 0. The quantitative estimate of drug-likeness (QED) is 0.769. The first-order valence-corrected chi connectivity index (χ1v) is 6.80. The zero-order valence-electron chi connectivity index (χ0n) is 11.7. The van der Waals surface area contributed by atoms with Crippen molar-refractivity contribution in [3.8, 4) is 6.07 Å². The molecule has 0 N–H and O–H groups in total. The predicted molar refractivity (Wildman–Crippen MR) is 78.2 cm³/mol. The average molecular weight is 276 g/mol. The number of alkyl halides is 1. The van der Waals surface area contributed by atoms with E-state index >= 15 is 0 Å². The van der Waals surface area contributed by atoms with Gasteiger partial charge in [0.05, 0.1) is 16.5 Å². The van der Waals surface area contributed by atoms with E-state index in [9.17, 15) is 5.26 Å². The number of aromatic nitrogens is 2. The van der Waals surface area contributed by atoms with Gasteiger partial charge < -0.3 is 4.57 Å². The number of nitrogens with zero attached hydrogens (tertiary/aromatic N) is 3. The Morgan fingerprint density at radius 1 is 1.42 bits per heavy atom. The first-order valence-electron chi connectivity index (χ1n) is 6.37. The number of nitriles is 1. The lowest BCUT2D eigenvalue weighted by Gasteiger charge is -2.21. The summed E-state index contributed by atoms with van der Waals surface area (Å²) in [5.41, 5.74) is 2.45. The van der Waals surface area contributed by atoms with E-state index in [2.05, 4.69) is 36.4 Å². The van der Waals surface area contributed by atoms with Crippen LogP contribution in [0.5, 0.6) is 0 Å². The molecule has 0 spiro atoms. The molecule has 0 fully saturated rings. The van der Waals surface area contributed by atoms with Crippen LogP contribution < -0.4 is 0 Å². The summed E-state index contributed by atoms with van der Waals surface area (Å²) < 4.78 is 2.13. The molecule has 0 amide bonds. The second-order valence-corrected chi connectivity index (χ2v) is 6.67. The third-order valence-corrected chi connectivity index (χ3v) is 3.11. The van der Waals surface area contributed by atoms with E-state index in [0.29, 0.717) is 5.56 Å². The zero-order valence-corrected chi connectivity index (χ0v) is 12.5. The van der Waals surface area contributed by atoms with Gasteiger partial charge in [-0.15, -0.1) is 11.6 Å². The molecule has 0 bridgehead atoms. The highest BCUT2D eigenvalue weighted by atomic mass is 35.5. The fourth-order valence-corrected chi connectivity index (χ4v) is 2.37. The Morgan fingerprint density at radius 3 is 2.63 bits per heavy atom. The third kappa shape index (κ3) is 2.74. The molecule has 1 aromatic heterocycles. The van der Waals surface area contributed by atoms with Crippen LogP contribution in [0.2, 0.25) is 0 Å². The van der Waals surface area contributed by atoms with Gasteiger partial charge in [-0.3, -0.25) is 0 Å². The van der Waals surface area contributed by atoms with Gasteiger partial charge in [-0.25, -0.2) is 4.98 Å². The molecule has 0 aliphatic rings. The SMILES string of the molecule is CC(Cl)c1nc2c(C#N)cccc2n1CC(C)(C)C. The molecule has 0 aliphatic carbocycles. The Balaban J connectivity index is 2.72. The van der Waals surface area contributed by atoms with Crippen LogP contribution in [-0.4, -0.2) is 9.55 Å². The molecule has 0 aliphatic heterocycles. The van der Waals surface area contributed by atoms with Gasteiger partial charge in [0.2, 0.25) is 0 Å². The van der Waals surface area contributed by atoms with Crippen LogP contribution in [0.3, 0.4) is 0 Å². The van der Waals surface area contributed by atoms with E-state index in [1.54, 1.807) is 6.07 Å². The largest absolute Gasteiger partial charge is 0.326 e. The average Bonchev–Trinajstić information content (AvgIpc) is 2.66. The number of rotatable bonds is 2. The number of fused-ring (bicyclic) bond motifs is 1. The number of halogens is 1. The van der Waals surface area contributed by atoms with Crippen molar-refractivity contribution in [2.75, 3.05) is 0 Å². The standard InChI is InChI=1S/C15H18ClN3/c1-10(16)14-18-13-11(8-17)6-5-7-12(13)19(14)9-15(2,3)4/h5-7,10H,9H2,1-4H3. The Hall–Kier alpha value is -1.53. The van der Waals surface area contributed by atoms with Gasteiger partial charge >= 0.3 is 0 Å². The summed E-state index contributed by atoms with van der Waals surface area (Å²) in [5.74, 6) is 0.828. The summed E-state index contributed by atoms with van der Waals surface area (Å²) in [6, 6.07) is 7.88. The maximum Gasteiger partial charge on any atom is 0.127 e. The highest BCUT2D eigenvalue weighted by Gasteiger charge is 2.21. The van der Waals surface area contributed by atoms with Crippen molar-refractivity contribution in [3.63, 3.8) is 0 Å². The van der Waals surface area contributed by atoms with Crippen LogP contribution in [-0.2, 0) is 6.54 Å². The van der Waals surface area contributed by atoms with Gasteiger partial charge in [0, 0.05) is 6.54 Å². The molecule has 1 unspecified atom stereocenters. The molecule has 0 radical (unpaired) electrons. The summed E-state index contributed by atoms with van der Waals surface area (Å²) in [7, 11) is 0. The Bertz CT molecular complexity index is 642. The van der Waals surface area contributed by atoms with Gasteiger partial charge in [0.1, 0.15) is 17.4 Å². The minimum absolute atomic E-state index is 0.122. The van der Waals surface area contributed by atoms with Crippen LogP contribution in [0.15, 0.2) is 18.2 Å². The number of hydrogen-bond acceptors (Lipinski definition) is 2. The minimum Gasteiger partial charge on any atom is -0.326 e. The van der Waals surface area contributed by atoms with E-state index in [4.69, 9.17) is 11.6 Å². The molecule has 2 aromatic rings. The summed E-state index contributed by atoms with van der Waals surface area (Å²) in [6.07, 6.45) is 0. The van der Waals surface area contributed by atoms with E-state index in [1.807, 2.05) is 19.1 Å². The van der Waals surface area contributed by atoms with Crippen molar-refractivity contribution in [3.05, 3.63) is 29.6 Å². The summed E-state index contributed by atoms with van der Waals surface area (Å²) in [5, 5.41) is 9.00. The maximum atomic E-state index is 9.17. The van der Waals surface area contributed by atoms with Crippen molar-refractivity contribution in [1.82, 2.24) is 9.55 Å². The summed E-state index contributed by atoms with van der Waals surface area (Å²) >= 11 is 6.24. The first-order chi connectivity index (χ1) is 8.83. The molecule has 4 heteroatoms. The van der Waals surface area contributed by atoms with Crippen molar-refractivity contribution in [2.45, 2.75) is 39.6 Å². The van der Waals surface area contributed by atoms with Gasteiger partial charge in [-0.1, -0.05) is 26.8 Å². The Morgan fingerprint density at radius 2 is 2.11 bits per heavy atom. The second-order valence-electron chi connectivity index (χ2n) is 6.02. The molecular formula is C15H18ClN3. The summed E-state index contributed by atoms with van der Waals surface area (Å²) in [4.78, 5) is 4.58. The van der Waals surface area contributed by atoms with Crippen molar-refractivity contribution >= 4 is 22.6 Å². The highest BCUT2D eigenvalue weighted by molar-refractivity contribution is 6.20. The molecule has 1 atom stereocenters. The molecule has 1 aromatic carbocycles. The van der Waals surface area contributed by atoms with Crippen LogP contribution in [0.25, 0.3) is 11.0 Å². The molecule has 3 nitrogen and oxygen atoms in total. The monoisotopic (exact) mass is 275 g/mol.